The van der Waals surface area contributed by atoms with Gasteiger partial charge in [0.1, 0.15) is 5.82 Å². The second-order valence-electron chi connectivity index (χ2n) is 5.30. The third-order valence-corrected chi connectivity index (χ3v) is 3.98. The molecule has 0 aliphatic heterocycles. The van der Waals surface area contributed by atoms with E-state index in [0.29, 0.717) is 12.5 Å². The molecule has 4 nitrogen and oxygen atoms in total. The van der Waals surface area contributed by atoms with Crippen LogP contribution in [0.3, 0.4) is 0 Å². The Labute approximate surface area is 109 Å². The summed E-state index contributed by atoms with van der Waals surface area (Å²) in [5.74, 6) is 2.35. The fourth-order valence-electron chi connectivity index (χ4n) is 2.83. The Bertz CT molecular complexity index is 369. The van der Waals surface area contributed by atoms with Gasteiger partial charge in [0.15, 0.2) is 5.82 Å². The predicted molar refractivity (Wildman–Crippen MR) is 71.4 cm³/mol. The number of aliphatic hydroxyl groups is 1. The highest BCUT2D eigenvalue weighted by Gasteiger charge is 2.23. The van der Waals surface area contributed by atoms with Crippen molar-refractivity contribution in [2.45, 2.75) is 71.4 Å². The smallest absolute Gasteiger partial charge is 0.150 e. The van der Waals surface area contributed by atoms with Crippen molar-refractivity contribution in [2.75, 3.05) is 0 Å². The molecule has 18 heavy (non-hydrogen) atoms. The number of aryl methyl sites for hydroxylation is 2. The van der Waals surface area contributed by atoms with Crippen LogP contribution in [0.4, 0.5) is 0 Å². The SMILES string of the molecule is CCc1nc(CC)n(CC(O)C2CCCCC2)n1. The molecule has 1 fully saturated rings. The van der Waals surface area contributed by atoms with Gasteiger partial charge in [-0.2, -0.15) is 5.10 Å². The van der Waals surface area contributed by atoms with Crippen molar-refractivity contribution in [3.05, 3.63) is 11.6 Å². The van der Waals surface area contributed by atoms with E-state index in [0.717, 1.165) is 37.3 Å². The van der Waals surface area contributed by atoms with E-state index in [2.05, 4.69) is 23.9 Å². The summed E-state index contributed by atoms with van der Waals surface area (Å²) in [5, 5.41) is 14.8. The zero-order chi connectivity index (χ0) is 13.0. The summed E-state index contributed by atoms with van der Waals surface area (Å²) >= 11 is 0. The first-order chi connectivity index (χ1) is 8.74. The molecule has 1 aliphatic rings. The first-order valence-corrected chi connectivity index (χ1v) is 7.35. The molecule has 0 spiro atoms. The van der Waals surface area contributed by atoms with Crippen LogP contribution in [-0.4, -0.2) is 26.0 Å². The molecule has 2 rings (SSSR count). The van der Waals surface area contributed by atoms with Gasteiger partial charge < -0.3 is 5.11 Å². The van der Waals surface area contributed by atoms with Gasteiger partial charge in [0, 0.05) is 12.8 Å². The largest absolute Gasteiger partial charge is 0.391 e. The first-order valence-electron chi connectivity index (χ1n) is 7.35. The zero-order valence-electron chi connectivity index (χ0n) is 11.6. The summed E-state index contributed by atoms with van der Waals surface area (Å²) in [4.78, 5) is 4.49. The van der Waals surface area contributed by atoms with Gasteiger partial charge in [0.2, 0.25) is 0 Å². The Kier molecular flexibility index (Phi) is 4.75. The minimum absolute atomic E-state index is 0.262. The molecule has 1 aromatic heterocycles. The molecule has 1 heterocycles. The summed E-state index contributed by atoms with van der Waals surface area (Å²) in [7, 11) is 0. The van der Waals surface area contributed by atoms with Gasteiger partial charge in [-0.3, -0.25) is 0 Å². The van der Waals surface area contributed by atoms with E-state index in [4.69, 9.17) is 0 Å². The molecule has 0 amide bonds. The average Bonchev–Trinajstić information content (AvgIpc) is 2.82. The zero-order valence-corrected chi connectivity index (χ0v) is 11.6. The van der Waals surface area contributed by atoms with Crippen molar-refractivity contribution in [3.8, 4) is 0 Å². The summed E-state index contributed by atoms with van der Waals surface area (Å²) in [5.41, 5.74) is 0. The Balaban J connectivity index is 2.00. The van der Waals surface area contributed by atoms with Crippen LogP contribution >= 0.6 is 0 Å². The number of nitrogens with zero attached hydrogens (tertiary/aromatic N) is 3. The Hall–Kier alpha value is -0.900. The molecule has 1 N–H and O–H groups in total. The molecule has 1 aromatic rings. The maximum atomic E-state index is 10.3. The van der Waals surface area contributed by atoms with Crippen LogP contribution in [0.15, 0.2) is 0 Å². The third kappa shape index (κ3) is 3.10. The highest BCUT2D eigenvalue weighted by molar-refractivity contribution is 4.93. The molecule has 1 atom stereocenters. The van der Waals surface area contributed by atoms with E-state index < -0.39 is 0 Å². The van der Waals surface area contributed by atoms with E-state index >= 15 is 0 Å². The molecule has 4 heteroatoms. The minimum atomic E-state index is -0.262. The molecule has 0 saturated heterocycles. The van der Waals surface area contributed by atoms with Crippen molar-refractivity contribution in [1.29, 1.82) is 0 Å². The second-order valence-corrected chi connectivity index (χ2v) is 5.30. The molecule has 102 valence electrons. The van der Waals surface area contributed by atoms with E-state index in [9.17, 15) is 5.11 Å². The minimum Gasteiger partial charge on any atom is -0.391 e. The molecule has 0 bridgehead atoms. The highest BCUT2D eigenvalue weighted by atomic mass is 16.3. The summed E-state index contributed by atoms with van der Waals surface area (Å²) in [6, 6.07) is 0. The lowest BCUT2D eigenvalue weighted by atomic mass is 9.85. The maximum absolute atomic E-state index is 10.3. The molecule has 1 aliphatic carbocycles. The second kappa shape index (κ2) is 6.32. The van der Waals surface area contributed by atoms with E-state index in [1.165, 1.54) is 19.3 Å². The first kappa shape index (κ1) is 13.5. The number of aromatic nitrogens is 3. The van der Waals surface area contributed by atoms with Crippen LogP contribution < -0.4 is 0 Å². The van der Waals surface area contributed by atoms with Gasteiger partial charge in [0.05, 0.1) is 12.6 Å². The van der Waals surface area contributed by atoms with Gasteiger partial charge in [-0.05, 0) is 18.8 Å². The predicted octanol–water partition coefficient (Wildman–Crippen LogP) is 2.34. The molecular formula is C14H25N3O. The van der Waals surface area contributed by atoms with Gasteiger partial charge >= 0.3 is 0 Å². The van der Waals surface area contributed by atoms with E-state index in [-0.39, 0.29) is 6.10 Å². The van der Waals surface area contributed by atoms with Crippen molar-refractivity contribution >= 4 is 0 Å². The number of rotatable bonds is 5. The molecule has 0 radical (unpaired) electrons. The lowest BCUT2D eigenvalue weighted by Gasteiger charge is -2.26. The average molecular weight is 251 g/mol. The van der Waals surface area contributed by atoms with Crippen LogP contribution in [0, 0.1) is 5.92 Å². The van der Waals surface area contributed by atoms with Crippen LogP contribution in [0.1, 0.15) is 57.6 Å². The molecule has 1 unspecified atom stereocenters. The fourth-order valence-corrected chi connectivity index (χ4v) is 2.83. The standard InChI is InChI=1S/C14H25N3O/c1-3-13-15-14(4-2)17(16-13)10-12(18)11-8-6-5-7-9-11/h11-12,18H,3-10H2,1-2H3. The van der Waals surface area contributed by atoms with Gasteiger partial charge in [0.25, 0.3) is 0 Å². The highest BCUT2D eigenvalue weighted by Crippen LogP contribution is 2.27. The van der Waals surface area contributed by atoms with Crippen molar-refractivity contribution in [1.82, 2.24) is 14.8 Å². The molecule has 1 saturated carbocycles. The van der Waals surface area contributed by atoms with Gasteiger partial charge in [-0.15, -0.1) is 0 Å². The number of aliphatic hydroxyl groups excluding tert-OH is 1. The lowest BCUT2D eigenvalue weighted by molar-refractivity contribution is 0.0655. The van der Waals surface area contributed by atoms with Crippen LogP contribution in [0.2, 0.25) is 0 Å². The monoisotopic (exact) mass is 251 g/mol. The topological polar surface area (TPSA) is 50.9 Å². The summed E-state index contributed by atoms with van der Waals surface area (Å²) in [6.45, 7) is 4.77. The number of hydrogen-bond donors (Lipinski definition) is 1. The third-order valence-electron chi connectivity index (χ3n) is 3.98. The molecular weight excluding hydrogens is 226 g/mol. The van der Waals surface area contributed by atoms with Crippen LogP contribution in [-0.2, 0) is 19.4 Å². The fraction of sp³-hybridized carbons (Fsp3) is 0.857. The quantitative estimate of drug-likeness (QED) is 0.874. The van der Waals surface area contributed by atoms with Crippen LogP contribution in [0.5, 0.6) is 0 Å². The summed E-state index contributed by atoms with van der Waals surface area (Å²) < 4.78 is 1.91. The van der Waals surface area contributed by atoms with Gasteiger partial charge in [-0.25, -0.2) is 9.67 Å². The Morgan fingerprint density at radius 2 is 1.94 bits per heavy atom. The normalized spacial score (nSPS) is 19.1. The van der Waals surface area contributed by atoms with Crippen molar-refractivity contribution < 1.29 is 5.11 Å². The lowest BCUT2D eigenvalue weighted by Crippen LogP contribution is -2.28. The van der Waals surface area contributed by atoms with Crippen LogP contribution in [0.25, 0.3) is 0 Å². The van der Waals surface area contributed by atoms with Crippen molar-refractivity contribution in [3.63, 3.8) is 0 Å². The van der Waals surface area contributed by atoms with E-state index in [1.54, 1.807) is 0 Å². The van der Waals surface area contributed by atoms with E-state index in [1.807, 2.05) is 4.68 Å². The molecule has 0 aromatic carbocycles. The van der Waals surface area contributed by atoms with Gasteiger partial charge in [-0.1, -0.05) is 33.1 Å². The van der Waals surface area contributed by atoms with Crippen molar-refractivity contribution in [2.24, 2.45) is 5.92 Å². The number of hydrogen-bond acceptors (Lipinski definition) is 3. The maximum Gasteiger partial charge on any atom is 0.150 e. The summed E-state index contributed by atoms with van der Waals surface area (Å²) in [6.07, 6.45) is 7.66. The Morgan fingerprint density at radius 1 is 1.22 bits per heavy atom. The Morgan fingerprint density at radius 3 is 2.56 bits per heavy atom.